The average molecular weight is 307 g/mol. The number of aliphatic hydroxyl groups excluding tert-OH is 1. The number of urea groups is 1. The van der Waals surface area contributed by atoms with E-state index < -0.39 is 0 Å². The fourth-order valence-corrected chi connectivity index (χ4v) is 2.50. The fourth-order valence-electron chi connectivity index (χ4n) is 2.50. The Kier molecular flexibility index (Phi) is 6.48. The first-order valence-electron chi connectivity index (χ1n) is 7.76. The van der Waals surface area contributed by atoms with E-state index in [0.717, 1.165) is 57.0 Å². The summed E-state index contributed by atoms with van der Waals surface area (Å²) in [5.41, 5.74) is 0.774. The van der Waals surface area contributed by atoms with E-state index in [-0.39, 0.29) is 12.6 Å². The molecule has 1 aromatic carbocycles. The van der Waals surface area contributed by atoms with Gasteiger partial charge in [0.25, 0.3) is 0 Å². The van der Waals surface area contributed by atoms with Gasteiger partial charge in [0.1, 0.15) is 5.75 Å². The van der Waals surface area contributed by atoms with Crippen LogP contribution in [0.5, 0.6) is 5.75 Å². The molecule has 1 aromatic rings. The second kappa shape index (κ2) is 8.60. The molecule has 1 saturated heterocycles. The highest BCUT2D eigenvalue weighted by molar-refractivity contribution is 5.89. The monoisotopic (exact) mass is 307 g/mol. The molecule has 6 nitrogen and oxygen atoms in total. The highest BCUT2D eigenvalue weighted by Crippen LogP contribution is 2.15. The van der Waals surface area contributed by atoms with Gasteiger partial charge in [0.05, 0.1) is 7.11 Å². The number of ether oxygens (including phenoxy) is 1. The largest absolute Gasteiger partial charge is 0.497 e. The lowest BCUT2D eigenvalue weighted by Crippen LogP contribution is -2.50. The van der Waals surface area contributed by atoms with E-state index in [1.165, 1.54) is 0 Å². The molecule has 0 radical (unpaired) electrons. The van der Waals surface area contributed by atoms with Crippen molar-refractivity contribution in [3.63, 3.8) is 0 Å². The van der Waals surface area contributed by atoms with Crippen molar-refractivity contribution in [2.45, 2.75) is 12.8 Å². The summed E-state index contributed by atoms with van der Waals surface area (Å²) < 4.78 is 5.10. The molecular formula is C16H25N3O3. The zero-order chi connectivity index (χ0) is 15.8. The van der Waals surface area contributed by atoms with Crippen LogP contribution in [-0.2, 0) is 0 Å². The molecule has 0 unspecified atom stereocenters. The molecule has 1 aliphatic heterocycles. The smallest absolute Gasteiger partial charge is 0.321 e. The first-order chi connectivity index (χ1) is 10.7. The Labute approximate surface area is 131 Å². The topological polar surface area (TPSA) is 65.0 Å². The van der Waals surface area contributed by atoms with E-state index in [9.17, 15) is 4.79 Å². The fraction of sp³-hybridized carbons (Fsp3) is 0.562. The van der Waals surface area contributed by atoms with Crippen LogP contribution in [0.15, 0.2) is 24.3 Å². The SMILES string of the molecule is COc1ccc(NC(=O)N2CCN(CCCCO)CC2)cc1. The lowest BCUT2D eigenvalue weighted by atomic mass is 10.2. The van der Waals surface area contributed by atoms with E-state index in [1.807, 2.05) is 29.2 Å². The number of benzene rings is 1. The van der Waals surface area contributed by atoms with Crippen molar-refractivity contribution in [1.82, 2.24) is 9.80 Å². The van der Waals surface area contributed by atoms with Gasteiger partial charge in [-0.25, -0.2) is 4.79 Å². The van der Waals surface area contributed by atoms with Crippen LogP contribution in [0.3, 0.4) is 0 Å². The third kappa shape index (κ3) is 4.89. The van der Waals surface area contributed by atoms with Gasteiger partial charge in [-0.05, 0) is 43.7 Å². The number of amides is 2. The van der Waals surface area contributed by atoms with E-state index >= 15 is 0 Å². The van der Waals surface area contributed by atoms with Crippen LogP contribution in [0, 0.1) is 0 Å². The van der Waals surface area contributed by atoms with Gasteiger partial charge in [0, 0.05) is 38.5 Å². The van der Waals surface area contributed by atoms with Crippen molar-refractivity contribution in [3.05, 3.63) is 24.3 Å². The quantitative estimate of drug-likeness (QED) is 0.784. The molecule has 1 fully saturated rings. The Morgan fingerprint density at radius 1 is 1.18 bits per heavy atom. The van der Waals surface area contributed by atoms with Gasteiger partial charge in [0.2, 0.25) is 0 Å². The first-order valence-corrected chi connectivity index (χ1v) is 7.76. The molecule has 2 N–H and O–H groups in total. The summed E-state index contributed by atoms with van der Waals surface area (Å²) in [6.45, 7) is 4.50. The highest BCUT2D eigenvalue weighted by Gasteiger charge is 2.20. The van der Waals surface area contributed by atoms with E-state index in [1.54, 1.807) is 7.11 Å². The second-order valence-corrected chi connectivity index (χ2v) is 5.42. The van der Waals surface area contributed by atoms with E-state index in [2.05, 4.69) is 10.2 Å². The maximum absolute atomic E-state index is 12.2. The highest BCUT2D eigenvalue weighted by atomic mass is 16.5. The zero-order valence-corrected chi connectivity index (χ0v) is 13.1. The van der Waals surface area contributed by atoms with E-state index in [4.69, 9.17) is 9.84 Å². The number of nitrogens with zero attached hydrogens (tertiary/aromatic N) is 2. The number of anilines is 1. The van der Waals surface area contributed by atoms with E-state index in [0.29, 0.717) is 0 Å². The third-order valence-corrected chi connectivity index (χ3v) is 3.88. The van der Waals surface area contributed by atoms with Crippen molar-refractivity contribution in [3.8, 4) is 5.75 Å². The number of hydrogen-bond donors (Lipinski definition) is 2. The van der Waals surface area contributed by atoms with Crippen LogP contribution < -0.4 is 10.1 Å². The zero-order valence-electron chi connectivity index (χ0n) is 13.1. The lowest BCUT2D eigenvalue weighted by Gasteiger charge is -2.34. The van der Waals surface area contributed by atoms with Crippen LogP contribution >= 0.6 is 0 Å². The number of nitrogens with one attached hydrogen (secondary N) is 1. The number of aliphatic hydroxyl groups is 1. The van der Waals surface area contributed by atoms with Gasteiger partial charge in [0.15, 0.2) is 0 Å². The molecule has 0 aromatic heterocycles. The van der Waals surface area contributed by atoms with Crippen molar-refractivity contribution in [2.24, 2.45) is 0 Å². The van der Waals surface area contributed by atoms with Gasteiger partial charge in [-0.15, -0.1) is 0 Å². The number of methoxy groups -OCH3 is 1. The van der Waals surface area contributed by atoms with Crippen LogP contribution in [0.25, 0.3) is 0 Å². The normalized spacial score (nSPS) is 15.6. The summed E-state index contributed by atoms with van der Waals surface area (Å²) in [6.07, 6.45) is 1.85. The summed E-state index contributed by atoms with van der Waals surface area (Å²) >= 11 is 0. The maximum Gasteiger partial charge on any atom is 0.321 e. The van der Waals surface area contributed by atoms with Gasteiger partial charge < -0.3 is 20.1 Å². The Balaban J connectivity index is 1.74. The van der Waals surface area contributed by atoms with Crippen LogP contribution in [-0.4, -0.2) is 67.4 Å². The molecule has 6 heteroatoms. The molecule has 1 aliphatic rings. The second-order valence-electron chi connectivity index (χ2n) is 5.42. The minimum Gasteiger partial charge on any atom is -0.497 e. The molecule has 22 heavy (non-hydrogen) atoms. The molecular weight excluding hydrogens is 282 g/mol. The Morgan fingerprint density at radius 2 is 1.86 bits per heavy atom. The summed E-state index contributed by atoms with van der Waals surface area (Å²) in [5.74, 6) is 0.773. The van der Waals surface area contributed by atoms with Crippen molar-refractivity contribution in [2.75, 3.05) is 51.8 Å². The number of carbonyl (C=O) groups excluding carboxylic acids is 1. The van der Waals surface area contributed by atoms with Crippen molar-refractivity contribution >= 4 is 11.7 Å². The van der Waals surface area contributed by atoms with Gasteiger partial charge in [-0.2, -0.15) is 0 Å². The van der Waals surface area contributed by atoms with Crippen LogP contribution in [0.1, 0.15) is 12.8 Å². The summed E-state index contributed by atoms with van der Waals surface area (Å²) in [7, 11) is 1.62. The Hall–Kier alpha value is -1.79. The van der Waals surface area contributed by atoms with Gasteiger partial charge in [-0.3, -0.25) is 4.90 Å². The third-order valence-electron chi connectivity index (χ3n) is 3.88. The maximum atomic E-state index is 12.2. The Morgan fingerprint density at radius 3 is 2.45 bits per heavy atom. The number of carbonyl (C=O) groups is 1. The van der Waals surface area contributed by atoms with Gasteiger partial charge >= 0.3 is 6.03 Å². The number of piperazine rings is 1. The Bertz CT molecular complexity index is 456. The number of hydrogen-bond acceptors (Lipinski definition) is 4. The van der Waals surface area contributed by atoms with Crippen molar-refractivity contribution in [1.29, 1.82) is 0 Å². The molecule has 0 saturated carbocycles. The van der Waals surface area contributed by atoms with Crippen molar-refractivity contribution < 1.29 is 14.6 Å². The van der Waals surface area contributed by atoms with Crippen LogP contribution in [0.4, 0.5) is 10.5 Å². The molecule has 2 rings (SSSR count). The molecule has 0 spiro atoms. The minimum atomic E-state index is -0.0554. The number of rotatable bonds is 6. The molecule has 0 atom stereocenters. The van der Waals surface area contributed by atoms with Gasteiger partial charge in [-0.1, -0.05) is 0 Å². The van der Waals surface area contributed by atoms with Crippen LogP contribution in [0.2, 0.25) is 0 Å². The molecule has 2 amide bonds. The summed E-state index contributed by atoms with van der Waals surface area (Å²) in [6, 6.07) is 7.27. The predicted molar refractivity (Wildman–Crippen MR) is 86.3 cm³/mol. The number of unbranched alkanes of at least 4 members (excludes halogenated alkanes) is 1. The summed E-state index contributed by atoms with van der Waals surface area (Å²) in [5, 5.41) is 11.7. The minimum absolute atomic E-state index is 0.0554. The molecule has 0 aliphatic carbocycles. The predicted octanol–water partition coefficient (Wildman–Crippen LogP) is 1.62. The summed E-state index contributed by atoms with van der Waals surface area (Å²) in [4.78, 5) is 16.4. The standard InChI is InChI=1S/C16H25N3O3/c1-22-15-6-4-14(5-7-15)17-16(21)19-11-9-18(10-12-19)8-2-3-13-20/h4-7,20H,2-3,8-13H2,1H3,(H,17,21). The average Bonchev–Trinajstić information content (AvgIpc) is 2.56. The first kappa shape index (κ1) is 16.6. The molecule has 0 bridgehead atoms. The lowest BCUT2D eigenvalue weighted by molar-refractivity contribution is 0.144. The molecule has 122 valence electrons. The molecule has 1 heterocycles.